The molecule has 1 fully saturated rings. The summed E-state index contributed by atoms with van der Waals surface area (Å²) in [4.78, 5) is 49.7. The average molecular weight is 477 g/mol. The number of hydrogen-bond donors (Lipinski definition) is 2. The van der Waals surface area contributed by atoms with Crippen molar-refractivity contribution in [2.45, 2.75) is 12.8 Å². The average Bonchev–Trinajstić information content (AvgIpc) is 2.81. The largest absolute Gasteiger partial charge is 0.483 e. The number of amides is 2. The molecule has 0 aliphatic carbocycles. The van der Waals surface area contributed by atoms with E-state index in [1.165, 1.54) is 42.5 Å². The minimum atomic E-state index is -1.20. The zero-order valence-corrected chi connectivity index (χ0v) is 18.3. The van der Waals surface area contributed by atoms with E-state index in [-0.39, 0.29) is 40.6 Å². The molecule has 1 heterocycles. The minimum Gasteiger partial charge on any atom is -0.483 e. The number of nitrogens with zero attached hydrogens (tertiary/aromatic N) is 1. The number of hydrogen-bond acceptors (Lipinski definition) is 5. The molecule has 0 unspecified atom stereocenters. The first kappa shape index (κ1) is 24.2. The molecule has 33 heavy (non-hydrogen) atoms. The number of aliphatic carboxylic acids is 1. The Morgan fingerprint density at radius 3 is 2.39 bits per heavy atom. The Morgan fingerprint density at radius 1 is 1.09 bits per heavy atom. The lowest BCUT2D eigenvalue weighted by Crippen LogP contribution is -2.42. The second-order valence-electron chi connectivity index (χ2n) is 7.53. The van der Waals surface area contributed by atoms with Gasteiger partial charge in [0, 0.05) is 29.6 Å². The van der Waals surface area contributed by atoms with Gasteiger partial charge in [-0.15, -0.1) is 0 Å². The van der Waals surface area contributed by atoms with Crippen molar-refractivity contribution in [3.8, 4) is 5.75 Å². The van der Waals surface area contributed by atoms with Crippen molar-refractivity contribution in [1.82, 2.24) is 10.2 Å². The molecule has 0 atom stereocenters. The molecule has 1 aliphatic rings. The summed E-state index contributed by atoms with van der Waals surface area (Å²) in [5.74, 6) is -2.84. The van der Waals surface area contributed by atoms with E-state index in [9.17, 15) is 23.6 Å². The van der Waals surface area contributed by atoms with Crippen LogP contribution in [-0.2, 0) is 9.59 Å². The van der Waals surface area contributed by atoms with Crippen molar-refractivity contribution in [2.75, 3.05) is 26.2 Å². The van der Waals surface area contributed by atoms with Crippen LogP contribution in [0, 0.1) is 11.7 Å². The molecule has 0 saturated carbocycles. The topological polar surface area (TPSA) is 113 Å². The third-order valence-corrected chi connectivity index (χ3v) is 5.52. The second kappa shape index (κ2) is 10.9. The van der Waals surface area contributed by atoms with Gasteiger partial charge in [0.25, 0.3) is 11.8 Å². The first-order valence-corrected chi connectivity index (χ1v) is 10.6. The highest BCUT2D eigenvalue weighted by Crippen LogP contribution is 2.25. The highest BCUT2D eigenvalue weighted by molar-refractivity contribution is 6.31. The third-order valence-electron chi connectivity index (χ3n) is 5.28. The van der Waals surface area contributed by atoms with Crippen molar-refractivity contribution >= 4 is 35.2 Å². The Balaban J connectivity index is 1.54. The van der Waals surface area contributed by atoms with Gasteiger partial charge >= 0.3 is 5.97 Å². The third kappa shape index (κ3) is 6.52. The number of rotatable bonds is 8. The highest BCUT2D eigenvalue weighted by Gasteiger charge is 2.28. The number of carboxylic acid groups (broad SMARTS) is 1. The number of carboxylic acids is 1. The molecule has 2 aromatic rings. The van der Waals surface area contributed by atoms with E-state index in [0.717, 1.165) is 0 Å². The quantitative estimate of drug-likeness (QED) is 0.566. The summed E-state index contributed by atoms with van der Waals surface area (Å²) in [5.41, 5.74) is 0.459. The molecule has 2 aromatic carbocycles. The molecular weight excluding hydrogens is 455 g/mol. The van der Waals surface area contributed by atoms with Gasteiger partial charge in [-0.25, -0.2) is 4.39 Å². The van der Waals surface area contributed by atoms with E-state index < -0.39 is 24.2 Å². The van der Waals surface area contributed by atoms with Gasteiger partial charge in [0.1, 0.15) is 18.1 Å². The number of carbonyl (C=O) groups is 4. The SMILES string of the molecule is O=C(O)CNC(=O)c1cc(Cl)ccc1OCC(=O)N1CCC(C(=O)c2ccc(F)cc2)CC1. The summed E-state index contributed by atoms with van der Waals surface area (Å²) in [6.45, 7) is -0.175. The van der Waals surface area contributed by atoms with E-state index in [1.807, 2.05) is 0 Å². The van der Waals surface area contributed by atoms with Gasteiger partial charge in [-0.05, 0) is 55.3 Å². The number of carbonyl (C=O) groups excluding carboxylic acids is 3. The Kier molecular flexibility index (Phi) is 8.00. The van der Waals surface area contributed by atoms with Gasteiger partial charge < -0.3 is 20.1 Å². The summed E-state index contributed by atoms with van der Waals surface area (Å²) in [6.07, 6.45) is 0.956. The summed E-state index contributed by atoms with van der Waals surface area (Å²) >= 11 is 5.93. The van der Waals surface area contributed by atoms with E-state index >= 15 is 0 Å². The molecule has 10 heteroatoms. The van der Waals surface area contributed by atoms with Gasteiger partial charge in [0.15, 0.2) is 12.4 Å². The van der Waals surface area contributed by atoms with Crippen LogP contribution in [0.5, 0.6) is 5.75 Å². The first-order valence-electron chi connectivity index (χ1n) is 10.2. The zero-order chi connectivity index (χ0) is 24.0. The number of benzene rings is 2. The molecule has 1 aliphatic heterocycles. The summed E-state index contributed by atoms with van der Waals surface area (Å²) in [7, 11) is 0. The lowest BCUT2D eigenvalue weighted by atomic mass is 9.89. The fourth-order valence-corrected chi connectivity index (χ4v) is 3.70. The van der Waals surface area contributed by atoms with Crippen LogP contribution in [0.15, 0.2) is 42.5 Å². The smallest absolute Gasteiger partial charge is 0.322 e. The van der Waals surface area contributed by atoms with E-state index in [2.05, 4.69) is 5.32 Å². The van der Waals surface area contributed by atoms with E-state index in [4.69, 9.17) is 21.4 Å². The number of ketones is 1. The number of ether oxygens (including phenoxy) is 1. The van der Waals surface area contributed by atoms with Gasteiger partial charge in [-0.2, -0.15) is 0 Å². The van der Waals surface area contributed by atoms with Gasteiger partial charge in [0.2, 0.25) is 0 Å². The second-order valence-corrected chi connectivity index (χ2v) is 7.97. The monoisotopic (exact) mass is 476 g/mol. The molecule has 1 saturated heterocycles. The van der Waals surface area contributed by atoms with Crippen LogP contribution in [-0.4, -0.2) is 59.8 Å². The maximum Gasteiger partial charge on any atom is 0.322 e. The molecule has 2 amide bonds. The molecule has 8 nitrogen and oxygen atoms in total. The van der Waals surface area contributed by atoms with Crippen LogP contribution >= 0.6 is 11.6 Å². The maximum atomic E-state index is 13.1. The molecule has 3 rings (SSSR count). The Hall–Kier alpha value is -3.46. The summed E-state index contributed by atoms with van der Waals surface area (Å²) in [5, 5.41) is 11.2. The molecule has 0 bridgehead atoms. The lowest BCUT2D eigenvalue weighted by molar-refractivity contribution is -0.136. The predicted molar refractivity (Wildman–Crippen MR) is 117 cm³/mol. The maximum absolute atomic E-state index is 13.1. The minimum absolute atomic E-state index is 0.0140. The van der Waals surface area contributed by atoms with Crippen molar-refractivity contribution in [1.29, 1.82) is 0 Å². The highest BCUT2D eigenvalue weighted by atomic mass is 35.5. The van der Waals surface area contributed by atoms with Crippen LogP contribution < -0.4 is 10.1 Å². The molecule has 2 N–H and O–H groups in total. The van der Waals surface area contributed by atoms with Crippen molar-refractivity contribution in [3.63, 3.8) is 0 Å². The van der Waals surface area contributed by atoms with Crippen LogP contribution in [0.2, 0.25) is 5.02 Å². The van der Waals surface area contributed by atoms with E-state index in [1.54, 1.807) is 4.90 Å². The molecule has 0 radical (unpaired) electrons. The predicted octanol–water partition coefficient (Wildman–Crippen LogP) is 2.79. The number of piperidine rings is 1. The normalized spacial score (nSPS) is 13.9. The lowest BCUT2D eigenvalue weighted by Gasteiger charge is -2.31. The Labute approximate surface area is 194 Å². The van der Waals surface area contributed by atoms with Crippen LogP contribution in [0.1, 0.15) is 33.6 Å². The summed E-state index contributed by atoms with van der Waals surface area (Å²) < 4.78 is 18.6. The fourth-order valence-electron chi connectivity index (χ4n) is 3.53. The van der Waals surface area contributed by atoms with Crippen molar-refractivity contribution < 1.29 is 33.4 Å². The van der Waals surface area contributed by atoms with Gasteiger partial charge in [-0.1, -0.05) is 11.6 Å². The number of Topliss-reactive ketones (excluding diaryl/α,β-unsaturated/α-hetero) is 1. The molecule has 174 valence electrons. The Bertz CT molecular complexity index is 1050. The molecule has 0 spiro atoms. The van der Waals surface area contributed by atoms with Gasteiger partial charge in [-0.3, -0.25) is 19.2 Å². The fraction of sp³-hybridized carbons (Fsp3) is 0.304. The standard InChI is InChI=1S/C23H22ClFN2O6/c24-16-3-6-19(18(11-16)23(32)26-12-21(29)30)33-13-20(28)27-9-7-15(8-10-27)22(31)14-1-4-17(25)5-2-14/h1-6,11,15H,7-10,12-13H2,(H,26,32)(H,29,30). The number of nitrogens with one attached hydrogen (secondary N) is 1. The zero-order valence-electron chi connectivity index (χ0n) is 17.6. The van der Waals surface area contributed by atoms with Crippen LogP contribution in [0.25, 0.3) is 0 Å². The van der Waals surface area contributed by atoms with Crippen molar-refractivity contribution in [2.24, 2.45) is 5.92 Å². The van der Waals surface area contributed by atoms with Crippen molar-refractivity contribution in [3.05, 3.63) is 64.4 Å². The van der Waals surface area contributed by atoms with Crippen LogP contribution in [0.4, 0.5) is 4.39 Å². The molecule has 0 aromatic heterocycles. The number of halogens is 2. The van der Waals surface area contributed by atoms with E-state index in [0.29, 0.717) is 31.5 Å². The first-order chi connectivity index (χ1) is 15.7. The Morgan fingerprint density at radius 2 is 1.76 bits per heavy atom. The number of likely N-dealkylation sites (tertiary alicyclic amines) is 1. The van der Waals surface area contributed by atoms with Gasteiger partial charge in [0.05, 0.1) is 5.56 Å². The molecular formula is C23H22ClFN2O6. The van der Waals surface area contributed by atoms with Crippen LogP contribution in [0.3, 0.4) is 0 Å². The summed E-state index contributed by atoms with van der Waals surface area (Å²) in [6, 6.07) is 9.65.